The number of nitrogens with zero attached hydrogens (tertiary/aromatic N) is 1. The highest BCUT2D eigenvalue weighted by molar-refractivity contribution is 6.00. The summed E-state index contributed by atoms with van der Waals surface area (Å²) in [6.45, 7) is 3.64. The maximum Gasteiger partial charge on any atom is 0.323 e. The first-order valence-corrected chi connectivity index (χ1v) is 6.35. The Morgan fingerprint density at radius 1 is 1.10 bits per heavy atom. The Balaban J connectivity index is 2.08. The number of hydrogen-bond acceptors (Lipinski definition) is 3. The smallest absolute Gasteiger partial charge is 0.308 e. The highest BCUT2D eigenvalue weighted by Gasteiger charge is 2.10. The van der Waals surface area contributed by atoms with E-state index in [9.17, 15) is 14.9 Å². The maximum atomic E-state index is 11.9. The van der Waals surface area contributed by atoms with Gasteiger partial charge in [-0.25, -0.2) is 4.79 Å². The Bertz CT molecular complexity index is 698. The first-order chi connectivity index (χ1) is 9.95. The van der Waals surface area contributed by atoms with E-state index in [0.29, 0.717) is 16.9 Å². The van der Waals surface area contributed by atoms with Gasteiger partial charge in [-0.05, 0) is 43.2 Å². The molecule has 21 heavy (non-hydrogen) atoms. The molecule has 108 valence electrons. The molecule has 0 bridgehead atoms. The molecule has 0 unspecified atom stereocenters. The van der Waals surface area contributed by atoms with Gasteiger partial charge in [0.1, 0.15) is 0 Å². The number of nitro groups is 1. The monoisotopic (exact) mass is 285 g/mol. The van der Waals surface area contributed by atoms with Crippen LogP contribution in [0, 0.1) is 24.0 Å². The standard InChI is InChI=1S/C15H15N3O3/c1-10-4-3-5-12(8-10)16-15(19)17-14-7-6-13(18(20)21)9-11(14)2/h3-9H,1-2H3,(H2,16,17,19). The molecule has 0 saturated carbocycles. The van der Waals surface area contributed by atoms with Crippen molar-refractivity contribution in [3.05, 3.63) is 63.7 Å². The molecule has 6 nitrogen and oxygen atoms in total. The number of rotatable bonds is 3. The van der Waals surface area contributed by atoms with Crippen LogP contribution >= 0.6 is 0 Å². The first kappa shape index (κ1) is 14.5. The maximum absolute atomic E-state index is 11.9. The highest BCUT2D eigenvalue weighted by Crippen LogP contribution is 2.21. The zero-order valence-electron chi connectivity index (χ0n) is 11.7. The number of nitrogens with one attached hydrogen (secondary N) is 2. The average molecular weight is 285 g/mol. The molecule has 2 aromatic carbocycles. The molecule has 0 aliphatic heterocycles. The molecule has 0 aliphatic carbocycles. The zero-order chi connectivity index (χ0) is 15.4. The Hall–Kier alpha value is -2.89. The van der Waals surface area contributed by atoms with Gasteiger partial charge in [0.05, 0.1) is 4.92 Å². The van der Waals surface area contributed by atoms with Crippen LogP contribution in [-0.4, -0.2) is 11.0 Å². The van der Waals surface area contributed by atoms with Crippen molar-refractivity contribution in [1.29, 1.82) is 0 Å². The van der Waals surface area contributed by atoms with Crippen molar-refractivity contribution in [2.45, 2.75) is 13.8 Å². The summed E-state index contributed by atoms with van der Waals surface area (Å²) in [6, 6.07) is 11.3. The Labute approximate surface area is 121 Å². The summed E-state index contributed by atoms with van der Waals surface area (Å²) in [6.07, 6.45) is 0. The summed E-state index contributed by atoms with van der Waals surface area (Å²) in [4.78, 5) is 22.1. The summed E-state index contributed by atoms with van der Waals surface area (Å²) in [5.74, 6) is 0. The third kappa shape index (κ3) is 3.79. The second kappa shape index (κ2) is 6.04. The number of hydrogen-bond donors (Lipinski definition) is 2. The van der Waals surface area contributed by atoms with Crippen LogP contribution in [0.3, 0.4) is 0 Å². The van der Waals surface area contributed by atoms with Crippen molar-refractivity contribution < 1.29 is 9.72 Å². The Kier molecular flexibility index (Phi) is 4.18. The van der Waals surface area contributed by atoms with Crippen molar-refractivity contribution in [3.63, 3.8) is 0 Å². The molecule has 0 spiro atoms. The Morgan fingerprint density at radius 2 is 1.86 bits per heavy atom. The summed E-state index contributed by atoms with van der Waals surface area (Å²) in [5, 5.41) is 16.0. The average Bonchev–Trinajstić information content (AvgIpc) is 2.40. The lowest BCUT2D eigenvalue weighted by atomic mass is 10.2. The predicted molar refractivity (Wildman–Crippen MR) is 81.7 cm³/mol. The van der Waals surface area contributed by atoms with Crippen molar-refractivity contribution in [3.8, 4) is 0 Å². The second-order valence-corrected chi connectivity index (χ2v) is 4.70. The predicted octanol–water partition coefficient (Wildman–Crippen LogP) is 3.86. The number of carbonyl (C=O) groups is 1. The van der Waals surface area contributed by atoms with E-state index in [4.69, 9.17) is 0 Å². The van der Waals surface area contributed by atoms with E-state index >= 15 is 0 Å². The molecule has 0 atom stereocenters. The summed E-state index contributed by atoms with van der Waals surface area (Å²) >= 11 is 0. The van der Waals surface area contributed by atoms with E-state index in [1.807, 2.05) is 25.1 Å². The molecule has 0 aromatic heterocycles. The molecule has 0 fully saturated rings. The SMILES string of the molecule is Cc1cccc(NC(=O)Nc2ccc([N+](=O)[O-])cc2C)c1. The normalized spacial score (nSPS) is 10.0. The van der Waals surface area contributed by atoms with Gasteiger partial charge in [0.2, 0.25) is 0 Å². The van der Waals surface area contributed by atoms with Crippen LogP contribution in [0.4, 0.5) is 21.9 Å². The van der Waals surface area contributed by atoms with Crippen LogP contribution in [0.2, 0.25) is 0 Å². The third-order valence-corrected chi connectivity index (χ3v) is 2.94. The summed E-state index contributed by atoms with van der Waals surface area (Å²) in [5.41, 5.74) is 2.89. The third-order valence-electron chi connectivity index (χ3n) is 2.94. The number of non-ortho nitro benzene ring substituents is 1. The molecular formula is C15H15N3O3. The van der Waals surface area contributed by atoms with E-state index < -0.39 is 11.0 Å². The summed E-state index contributed by atoms with van der Waals surface area (Å²) in [7, 11) is 0. The quantitative estimate of drug-likeness (QED) is 0.663. The van der Waals surface area contributed by atoms with Crippen molar-refractivity contribution in [2.75, 3.05) is 10.6 Å². The summed E-state index contributed by atoms with van der Waals surface area (Å²) < 4.78 is 0. The van der Waals surface area contributed by atoms with Gasteiger partial charge in [-0.15, -0.1) is 0 Å². The van der Waals surface area contributed by atoms with Gasteiger partial charge in [-0.2, -0.15) is 0 Å². The van der Waals surface area contributed by atoms with E-state index in [1.165, 1.54) is 18.2 Å². The van der Waals surface area contributed by atoms with Gasteiger partial charge in [-0.3, -0.25) is 10.1 Å². The molecule has 0 radical (unpaired) electrons. The minimum Gasteiger partial charge on any atom is -0.308 e. The molecule has 2 amide bonds. The molecular weight excluding hydrogens is 270 g/mol. The zero-order valence-corrected chi connectivity index (χ0v) is 11.7. The number of carbonyl (C=O) groups excluding carboxylic acids is 1. The lowest BCUT2D eigenvalue weighted by Gasteiger charge is -2.10. The van der Waals surface area contributed by atoms with Gasteiger partial charge in [0, 0.05) is 23.5 Å². The van der Waals surface area contributed by atoms with Crippen LogP contribution in [0.1, 0.15) is 11.1 Å². The first-order valence-electron chi connectivity index (χ1n) is 6.35. The van der Waals surface area contributed by atoms with E-state index in [2.05, 4.69) is 10.6 Å². The van der Waals surface area contributed by atoms with Gasteiger partial charge in [0.15, 0.2) is 0 Å². The molecule has 0 saturated heterocycles. The van der Waals surface area contributed by atoms with E-state index in [1.54, 1.807) is 13.0 Å². The topological polar surface area (TPSA) is 84.3 Å². The fourth-order valence-electron chi connectivity index (χ4n) is 1.91. The lowest BCUT2D eigenvalue weighted by Crippen LogP contribution is -2.20. The lowest BCUT2D eigenvalue weighted by molar-refractivity contribution is -0.384. The number of benzene rings is 2. The van der Waals surface area contributed by atoms with Crippen molar-refractivity contribution in [1.82, 2.24) is 0 Å². The molecule has 0 aliphatic rings. The van der Waals surface area contributed by atoms with Crippen LogP contribution in [-0.2, 0) is 0 Å². The largest absolute Gasteiger partial charge is 0.323 e. The van der Waals surface area contributed by atoms with Crippen LogP contribution in [0.25, 0.3) is 0 Å². The van der Waals surface area contributed by atoms with Gasteiger partial charge < -0.3 is 10.6 Å². The fraction of sp³-hybridized carbons (Fsp3) is 0.133. The highest BCUT2D eigenvalue weighted by atomic mass is 16.6. The second-order valence-electron chi connectivity index (χ2n) is 4.70. The number of amides is 2. The minimum absolute atomic E-state index is 0.00265. The molecule has 2 rings (SSSR count). The number of anilines is 2. The fourth-order valence-corrected chi connectivity index (χ4v) is 1.91. The van der Waals surface area contributed by atoms with Crippen molar-refractivity contribution in [2.24, 2.45) is 0 Å². The van der Waals surface area contributed by atoms with Crippen LogP contribution in [0.5, 0.6) is 0 Å². The van der Waals surface area contributed by atoms with Gasteiger partial charge in [0.25, 0.3) is 5.69 Å². The van der Waals surface area contributed by atoms with Gasteiger partial charge >= 0.3 is 6.03 Å². The van der Waals surface area contributed by atoms with Crippen LogP contribution < -0.4 is 10.6 Å². The Morgan fingerprint density at radius 3 is 2.48 bits per heavy atom. The number of urea groups is 1. The number of nitro benzene ring substituents is 1. The molecule has 2 N–H and O–H groups in total. The molecule has 6 heteroatoms. The van der Waals surface area contributed by atoms with E-state index in [0.717, 1.165) is 5.56 Å². The molecule has 2 aromatic rings. The van der Waals surface area contributed by atoms with Crippen LogP contribution in [0.15, 0.2) is 42.5 Å². The number of aryl methyl sites for hydroxylation is 2. The van der Waals surface area contributed by atoms with Gasteiger partial charge in [-0.1, -0.05) is 12.1 Å². The molecule has 0 heterocycles. The van der Waals surface area contributed by atoms with Crippen molar-refractivity contribution >= 4 is 23.1 Å². The van der Waals surface area contributed by atoms with E-state index in [-0.39, 0.29) is 5.69 Å². The minimum atomic E-state index is -0.469.